The zero-order valence-electron chi connectivity index (χ0n) is 9.96. The van der Waals surface area contributed by atoms with Crippen LogP contribution in [0.1, 0.15) is 32.3 Å². The van der Waals surface area contributed by atoms with Gasteiger partial charge in [0.2, 0.25) is 0 Å². The summed E-state index contributed by atoms with van der Waals surface area (Å²) in [7, 11) is 3.35. The minimum atomic E-state index is 0.851. The Morgan fingerprint density at radius 2 is 1.40 bits per heavy atom. The van der Waals surface area contributed by atoms with Crippen molar-refractivity contribution in [2.24, 2.45) is 0 Å². The molecule has 2 heteroatoms. The fraction of sp³-hybridized carbons (Fsp3) is 0.462. The predicted molar refractivity (Wildman–Crippen MR) is 62.5 cm³/mol. The molecule has 2 nitrogen and oxygen atoms in total. The van der Waals surface area contributed by atoms with E-state index in [-0.39, 0.29) is 0 Å². The third-order valence-corrected chi connectivity index (χ3v) is 2.61. The second-order valence-corrected chi connectivity index (χ2v) is 3.41. The van der Waals surface area contributed by atoms with Crippen molar-refractivity contribution in [3.63, 3.8) is 0 Å². The largest absolute Gasteiger partial charge is 0.497 e. The summed E-state index contributed by atoms with van der Waals surface area (Å²) in [6, 6.07) is 6.02. The molecule has 0 aliphatic heterocycles. The number of hydrogen-bond donors (Lipinski definition) is 0. The van der Waals surface area contributed by atoms with Gasteiger partial charge in [0.1, 0.15) is 11.5 Å². The van der Waals surface area contributed by atoms with Crippen LogP contribution >= 0.6 is 0 Å². The summed E-state index contributed by atoms with van der Waals surface area (Å²) < 4.78 is 10.5. The lowest BCUT2D eigenvalue weighted by atomic mass is 9.94. The van der Waals surface area contributed by atoms with Crippen molar-refractivity contribution < 1.29 is 9.47 Å². The monoisotopic (exact) mass is 207 g/mol. The van der Waals surface area contributed by atoms with Gasteiger partial charge >= 0.3 is 0 Å². The molecule has 0 aliphatic rings. The smallest absolute Gasteiger partial charge is 0.122 e. The summed E-state index contributed by atoms with van der Waals surface area (Å²) in [5.41, 5.74) is 1.22. The molecular formula is C13H19O2. The second-order valence-electron chi connectivity index (χ2n) is 3.41. The maximum atomic E-state index is 5.24. The van der Waals surface area contributed by atoms with Gasteiger partial charge in [-0.2, -0.15) is 0 Å². The van der Waals surface area contributed by atoms with Crippen LogP contribution in [0.15, 0.2) is 18.2 Å². The van der Waals surface area contributed by atoms with Crippen molar-refractivity contribution in [3.05, 3.63) is 29.7 Å². The minimum Gasteiger partial charge on any atom is -0.497 e. The van der Waals surface area contributed by atoms with Crippen molar-refractivity contribution in [2.45, 2.75) is 26.7 Å². The topological polar surface area (TPSA) is 18.5 Å². The third-order valence-electron chi connectivity index (χ3n) is 2.61. The highest BCUT2D eigenvalue weighted by molar-refractivity contribution is 5.44. The van der Waals surface area contributed by atoms with E-state index in [2.05, 4.69) is 26.0 Å². The van der Waals surface area contributed by atoms with Crippen LogP contribution in [0.2, 0.25) is 0 Å². The molecule has 0 bridgehead atoms. The normalized spacial score (nSPS) is 10.5. The second kappa shape index (κ2) is 5.64. The molecule has 0 saturated heterocycles. The minimum absolute atomic E-state index is 0.851. The maximum Gasteiger partial charge on any atom is 0.122 e. The summed E-state index contributed by atoms with van der Waals surface area (Å²) in [5.74, 6) is 3.12. The van der Waals surface area contributed by atoms with Gasteiger partial charge in [0.25, 0.3) is 0 Å². The Hall–Kier alpha value is -1.18. The Morgan fingerprint density at radius 3 is 1.73 bits per heavy atom. The molecule has 0 unspecified atom stereocenters. The molecule has 0 aliphatic carbocycles. The Morgan fingerprint density at radius 1 is 0.933 bits per heavy atom. The molecule has 1 rings (SSSR count). The van der Waals surface area contributed by atoms with Gasteiger partial charge in [-0.25, -0.2) is 0 Å². The van der Waals surface area contributed by atoms with Gasteiger partial charge < -0.3 is 9.47 Å². The molecule has 1 aromatic rings. The van der Waals surface area contributed by atoms with E-state index in [4.69, 9.17) is 9.47 Å². The lowest BCUT2D eigenvalue weighted by Gasteiger charge is -2.14. The van der Waals surface area contributed by atoms with Crippen LogP contribution in [0, 0.1) is 5.92 Å². The van der Waals surface area contributed by atoms with E-state index < -0.39 is 0 Å². The van der Waals surface area contributed by atoms with Crippen molar-refractivity contribution in [2.75, 3.05) is 14.2 Å². The van der Waals surface area contributed by atoms with Gasteiger partial charge in [0.15, 0.2) is 0 Å². The number of rotatable bonds is 5. The fourth-order valence-corrected chi connectivity index (χ4v) is 1.67. The molecule has 0 fully saturated rings. The highest BCUT2D eigenvalue weighted by atomic mass is 16.5. The van der Waals surface area contributed by atoms with Crippen LogP contribution in [-0.2, 0) is 0 Å². The van der Waals surface area contributed by atoms with Crippen LogP contribution in [0.25, 0.3) is 0 Å². The van der Waals surface area contributed by atoms with E-state index >= 15 is 0 Å². The van der Waals surface area contributed by atoms with Gasteiger partial charge in [-0.15, -0.1) is 0 Å². The van der Waals surface area contributed by atoms with Crippen LogP contribution in [0.3, 0.4) is 0 Å². The number of methoxy groups -OCH3 is 2. The summed E-state index contributed by atoms with van der Waals surface area (Å²) in [5, 5.41) is 0. The van der Waals surface area contributed by atoms with E-state index in [0.29, 0.717) is 0 Å². The number of hydrogen-bond acceptors (Lipinski definition) is 2. The third kappa shape index (κ3) is 2.88. The molecule has 0 amide bonds. The Bertz CT molecular complexity index is 281. The standard InChI is InChI=1S/C13H19O2/c1-5-10(6-2)11-7-12(14-3)9-13(8-11)15-4/h7-9H,5-6H2,1-4H3. The van der Waals surface area contributed by atoms with Gasteiger partial charge in [-0.3, -0.25) is 0 Å². The Labute approximate surface area is 92.2 Å². The maximum absolute atomic E-state index is 5.24. The van der Waals surface area contributed by atoms with Crippen LogP contribution in [0.4, 0.5) is 0 Å². The van der Waals surface area contributed by atoms with Crippen molar-refractivity contribution >= 4 is 0 Å². The first-order valence-corrected chi connectivity index (χ1v) is 5.33. The lowest BCUT2D eigenvalue weighted by molar-refractivity contribution is 0.393. The molecular weight excluding hydrogens is 188 g/mol. The van der Waals surface area contributed by atoms with Gasteiger partial charge in [-0.05, 0) is 30.5 Å². The van der Waals surface area contributed by atoms with Crippen LogP contribution < -0.4 is 9.47 Å². The van der Waals surface area contributed by atoms with Crippen molar-refractivity contribution in [1.82, 2.24) is 0 Å². The molecule has 1 radical (unpaired) electrons. The molecule has 83 valence electrons. The first-order chi connectivity index (χ1) is 7.24. The summed E-state index contributed by atoms with van der Waals surface area (Å²) >= 11 is 0. The average Bonchev–Trinajstić information content (AvgIpc) is 2.30. The van der Waals surface area contributed by atoms with Gasteiger partial charge in [0.05, 0.1) is 14.2 Å². The highest BCUT2D eigenvalue weighted by Gasteiger charge is 2.10. The zero-order valence-corrected chi connectivity index (χ0v) is 9.96. The van der Waals surface area contributed by atoms with Crippen LogP contribution in [-0.4, -0.2) is 14.2 Å². The molecule has 0 aromatic heterocycles. The fourth-order valence-electron chi connectivity index (χ4n) is 1.67. The average molecular weight is 207 g/mol. The zero-order chi connectivity index (χ0) is 11.3. The first kappa shape index (κ1) is 11.9. The molecule has 0 atom stereocenters. The molecule has 0 heterocycles. The van der Waals surface area contributed by atoms with E-state index in [1.807, 2.05) is 6.07 Å². The number of benzene rings is 1. The van der Waals surface area contributed by atoms with E-state index in [0.717, 1.165) is 24.3 Å². The van der Waals surface area contributed by atoms with E-state index in [9.17, 15) is 0 Å². The molecule has 15 heavy (non-hydrogen) atoms. The molecule has 0 spiro atoms. The molecule has 1 aromatic carbocycles. The lowest BCUT2D eigenvalue weighted by Crippen LogP contribution is -1.98. The quantitative estimate of drug-likeness (QED) is 0.736. The van der Waals surface area contributed by atoms with Gasteiger partial charge in [-0.1, -0.05) is 13.8 Å². The summed E-state index contributed by atoms with van der Waals surface area (Å²) in [4.78, 5) is 0. The van der Waals surface area contributed by atoms with Crippen molar-refractivity contribution in [3.8, 4) is 11.5 Å². The Balaban J connectivity index is 3.05. The SMILES string of the molecule is CC[C](CC)c1cc(OC)cc(OC)c1. The van der Waals surface area contributed by atoms with Crippen molar-refractivity contribution in [1.29, 1.82) is 0 Å². The first-order valence-electron chi connectivity index (χ1n) is 5.33. The molecule has 0 saturated carbocycles. The van der Waals surface area contributed by atoms with Gasteiger partial charge in [0, 0.05) is 12.0 Å². The predicted octanol–water partition coefficient (Wildman–Crippen LogP) is 3.45. The van der Waals surface area contributed by atoms with E-state index in [1.165, 1.54) is 11.5 Å². The number of ether oxygens (including phenoxy) is 2. The Kier molecular flexibility index (Phi) is 4.47. The molecule has 0 N–H and O–H groups in total. The highest BCUT2D eigenvalue weighted by Crippen LogP contribution is 2.29. The summed E-state index contributed by atoms with van der Waals surface area (Å²) in [6.07, 6.45) is 2.12. The van der Waals surface area contributed by atoms with E-state index in [1.54, 1.807) is 14.2 Å². The van der Waals surface area contributed by atoms with Crippen LogP contribution in [0.5, 0.6) is 11.5 Å². The summed E-state index contributed by atoms with van der Waals surface area (Å²) in [6.45, 7) is 4.34.